The first kappa shape index (κ1) is 19.7. The molecule has 3 aromatic rings. The molecule has 10 heteroatoms. The number of aromatic nitrogens is 2. The molecule has 5 nitrogen and oxygen atoms in total. The lowest BCUT2D eigenvalue weighted by Gasteiger charge is -2.11. The van der Waals surface area contributed by atoms with Gasteiger partial charge in [0.05, 0.1) is 22.6 Å². The second-order valence-corrected chi connectivity index (χ2v) is 6.16. The van der Waals surface area contributed by atoms with Crippen molar-refractivity contribution in [3.63, 3.8) is 0 Å². The van der Waals surface area contributed by atoms with Crippen LogP contribution in [0.5, 0.6) is 0 Å². The predicted molar refractivity (Wildman–Crippen MR) is 95.8 cm³/mol. The zero-order chi connectivity index (χ0) is 20.5. The number of benzene rings is 2. The number of alkyl halides is 3. The number of carbonyl (C=O) groups is 1. The fourth-order valence-electron chi connectivity index (χ4n) is 2.48. The Balaban J connectivity index is 1.79. The third-order valence-corrected chi connectivity index (χ3v) is 4.16. The van der Waals surface area contributed by atoms with E-state index < -0.39 is 23.5 Å². The lowest BCUT2D eigenvalue weighted by molar-refractivity contribution is -0.137. The summed E-state index contributed by atoms with van der Waals surface area (Å²) in [6, 6.07) is 9.67. The van der Waals surface area contributed by atoms with Crippen molar-refractivity contribution in [3.05, 3.63) is 76.3 Å². The maximum absolute atomic E-state index is 13.1. The van der Waals surface area contributed by atoms with Crippen molar-refractivity contribution in [2.75, 3.05) is 5.43 Å². The number of hydrogen-bond donors (Lipinski definition) is 2. The summed E-state index contributed by atoms with van der Waals surface area (Å²) in [5.74, 6) is -1.12. The fourth-order valence-corrected chi connectivity index (χ4v) is 2.83. The molecule has 0 radical (unpaired) electrons. The number of hydrogen-bond acceptors (Lipinski definition) is 3. The van der Waals surface area contributed by atoms with Crippen molar-refractivity contribution in [2.24, 2.45) is 0 Å². The average Bonchev–Trinajstić information content (AvgIpc) is 2.94. The smallest absolute Gasteiger partial charge is 0.298 e. The third-order valence-electron chi connectivity index (χ3n) is 3.81. The zero-order valence-corrected chi connectivity index (χ0v) is 15.1. The first-order valence-corrected chi connectivity index (χ1v) is 8.29. The van der Waals surface area contributed by atoms with E-state index in [1.54, 1.807) is 6.92 Å². The number of nitrogens with zero attached hydrogens (tertiary/aromatic N) is 2. The van der Waals surface area contributed by atoms with Crippen LogP contribution in [-0.2, 0) is 6.18 Å². The van der Waals surface area contributed by atoms with E-state index in [-0.39, 0.29) is 22.1 Å². The molecule has 3 rings (SSSR count). The van der Waals surface area contributed by atoms with Crippen LogP contribution in [0.4, 0.5) is 23.2 Å². The quantitative estimate of drug-likeness (QED) is 0.480. The highest BCUT2D eigenvalue weighted by atomic mass is 35.5. The number of aryl methyl sites for hydroxylation is 1. The summed E-state index contributed by atoms with van der Waals surface area (Å²) >= 11 is 6.23. The summed E-state index contributed by atoms with van der Waals surface area (Å²) in [5, 5.41) is 4.14. The van der Waals surface area contributed by atoms with E-state index >= 15 is 0 Å². The van der Waals surface area contributed by atoms with Gasteiger partial charge in [-0.25, -0.2) is 9.07 Å². The standard InChI is InChI=1S/C18H13ClF4N4O/c1-10-15(16(19)27(26-10)14-7-5-12(20)6-8-14)17(28)25-24-13-4-2-3-11(9-13)18(21,22)23/h2-9,24H,1H3,(H,25,28). The molecule has 0 fully saturated rings. The molecule has 0 aliphatic rings. The van der Waals surface area contributed by atoms with E-state index in [0.29, 0.717) is 5.69 Å². The van der Waals surface area contributed by atoms with Crippen LogP contribution in [0, 0.1) is 12.7 Å². The van der Waals surface area contributed by atoms with Crippen LogP contribution < -0.4 is 10.9 Å². The Morgan fingerprint density at radius 2 is 1.82 bits per heavy atom. The summed E-state index contributed by atoms with van der Waals surface area (Å²) in [4.78, 5) is 12.4. The average molecular weight is 413 g/mol. The van der Waals surface area contributed by atoms with Crippen LogP contribution in [0.3, 0.4) is 0 Å². The van der Waals surface area contributed by atoms with Gasteiger partial charge in [-0.3, -0.25) is 15.6 Å². The van der Waals surface area contributed by atoms with E-state index in [9.17, 15) is 22.4 Å². The summed E-state index contributed by atoms with van der Waals surface area (Å²) in [5.41, 5.74) is 4.67. The second kappa shape index (κ2) is 7.51. The van der Waals surface area contributed by atoms with Crippen molar-refractivity contribution in [2.45, 2.75) is 13.1 Å². The summed E-state index contributed by atoms with van der Waals surface area (Å²) < 4.78 is 52.6. The van der Waals surface area contributed by atoms with E-state index in [0.717, 1.165) is 12.1 Å². The van der Waals surface area contributed by atoms with Crippen molar-refractivity contribution in [1.29, 1.82) is 0 Å². The molecule has 1 heterocycles. The fraction of sp³-hybridized carbons (Fsp3) is 0.111. The minimum Gasteiger partial charge on any atom is -0.298 e. The lowest BCUT2D eigenvalue weighted by Crippen LogP contribution is -2.30. The highest BCUT2D eigenvalue weighted by Gasteiger charge is 2.30. The molecule has 0 bridgehead atoms. The molecule has 0 aliphatic heterocycles. The van der Waals surface area contributed by atoms with Crippen LogP contribution in [0.25, 0.3) is 5.69 Å². The van der Waals surface area contributed by atoms with Crippen molar-refractivity contribution < 1.29 is 22.4 Å². The third kappa shape index (κ3) is 4.09. The Morgan fingerprint density at radius 3 is 2.46 bits per heavy atom. The highest BCUT2D eigenvalue weighted by molar-refractivity contribution is 6.33. The van der Waals surface area contributed by atoms with Crippen molar-refractivity contribution in [3.8, 4) is 5.69 Å². The molecule has 0 atom stereocenters. The van der Waals surface area contributed by atoms with Gasteiger partial charge in [0.1, 0.15) is 16.5 Å². The summed E-state index contributed by atoms with van der Waals surface area (Å²) in [6.07, 6.45) is -4.50. The van der Waals surface area contributed by atoms with E-state index in [1.807, 2.05) is 0 Å². The number of carbonyl (C=O) groups excluding carboxylic acids is 1. The molecule has 0 aliphatic carbocycles. The molecule has 2 N–H and O–H groups in total. The van der Waals surface area contributed by atoms with E-state index in [1.165, 1.54) is 41.1 Å². The SMILES string of the molecule is Cc1nn(-c2ccc(F)cc2)c(Cl)c1C(=O)NNc1cccc(C(F)(F)F)c1. The van der Waals surface area contributed by atoms with E-state index in [2.05, 4.69) is 16.0 Å². The number of amides is 1. The molecule has 0 saturated carbocycles. The van der Waals surface area contributed by atoms with Gasteiger partial charge in [-0.1, -0.05) is 17.7 Å². The Bertz CT molecular complexity index is 1020. The number of rotatable bonds is 4. The molecule has 0 saturated heterocycles. The maximum atomic E-state index is 13.1. The van der Waals surface area contributed by atoms with Gasteiger partial charge < -0.3 is 0 Å². The zero-order valence-electron chi connectivity index (χ0n) is 14.3. The summed E-state index contributed by atoms with van der Waals surface area (Å²) in [7, 11) is 0. The predicted octanol–water partition coefficient (Wildman–Crippen LogP) is 4.75. The first-order chi connectivity index (χ1) is 13.2. The second-order valence-electron chi connectivity index (χ2n) is 5.80. The molecule has 0 unspecified atom stereocenters. The van der Waals surface area contributed by atoms with Crippen LogP contribution in [0.1, 0.15) is 21.6 Å². The van der Waals surface area contributed by atoms with Crippen molar-refractivity contribution >= 4 is 23.2 Å². The molecule has 0 spiro atoms. The minimum absolute atomic E-state index is 0.0209. The molecular weight excluding hydrogens is 400 g/mol. The Morgan fingerprint density at radius 1 is 1.14 bits per heavy atom. The lowest BCUT2D eigenvalue weighted by atomic mass is 10.2. The van der Waals surface area contributed by atoms with Gasteiger partial charge in [-0.2, -0.15) is 18.3 Å². The van der Waals surface area contributed by atoms with Crippen LogP contribution in [0.15, 0.2) is 48.5 Å². The van der Waals surface area contributed by atoms with Gasteiger partial charge in [0.15, 0.2) is 0 Å². The van der Waals surface area contributed by atoms with Gasteiger partial charge in [-0.05, 0) is 49.4 Å². The molecule has 1 amide bonds. The normalized spacial score (nSPS) is 11.4. The van der Waals surface area contributed by atoms with Crippen molar-refractivity contribution in [1.82, 2.24) is 15.2 Å². The molecule has 2 aromatic carbocycles. The Hall–Kier alpha value is -3.07. The van der Waals surface area contributed by atoms with Gasteiger partial charge >= 0.3 is 6.18 Å². The van der Waals surface area contributed by atoms with Gasteiger partial charge in [-0.15, -0.1) is 0 Å². The maximum Gasteiger partial charge on any atom is 0.416 e. The largest absolute Gasteiger partial charge is 0.416 e. The first-order valence-electron chi connectivity index (χ1n) is 7.91. The Kier molecular flexibility index (Phi) is 5.28. The van der Waals surface area contributed by atoms with E-state index in [4.69, 9.17) is 11.6 Å². The van der Waals surface area contributed by atoms with Gasteiger partial charge in [0.25, 0.3) is 5.91 Å². The van der Waals surface area contributed by atoms with Crippen LogP contribution in [0.2, 0.25) is 5.15 Å². The summed E-state index contributed by atoms with van der Waals surface area (Å²) in [6.45, 7) is 1.55. The number of anilines is 1. The monoisotopic (exact) mass is 412 g/mol. The van der Waals surface area contributed by atoms with Crippen LogP contribution >= 0.6 is 11.6 Å². The Labute approximate surface area is 161 Å². The molecule has 28 heavy (non-hydrogen) atoms. The topological polar surface area (TPSA) is 59.0 Å². The van der Waals surface area contributed by atoms with Crippen LogP contribution in [-0.4, -0.2) is 15.7 Å². The number of halogens is 5. The highest BCUT2D eigenvalue weighted by Crippen LogP contribution is 2.30. The molecular formula is C18H13ClF4N4O. The number of hydrazine groups is 1. The van der Waals surface area contributed by atoms with Gasteiger partial charge in [0, 0.05) is 0 Å². The van der Waals surface area contributed by atoms with Gasteiger partial charge in [0.2, 0.25) is 0 Å². The molecule has 146 valence electrons. The number of nitrogens with one attached hydrogen (secondary N) is 2. The molecule has 1 aromatic heterocycles. The minimum atomic E-state index is -4.50.